The van der Waals surface area contributed by atoms with E-state index in [-0.39, 0.29) is 29.9 Å². The number of halogens is 1. The molecule has 156 valence electrons. The number of ether oxygens (including phenoxy) is 1. The van der Waals surface area contributed by atoms with Crippen LogP contribution in [-0.4, -0.2) is 48.3 Å². The molecule has 1 aromatic heterocycles. The molecule has 0 aliphatic carbocycles. The van der Waals surface area contributed by atoms with E-state index in [1.807, 2.05) is 6.07 Å². The summed E-state index contributed by atoms with van der Waals surface area (Å²) in [6.45, 7) is 3.21. The van der Waals surface area contributed by atoms with E-state index in [1.54, 1.807) is 30.3 Å². The first-order valence-electron chi connectivity index (χ1n) is 10.0. The van der Waals surface area contributed by atoms with Crippen LogP contribution in [0, 0.1) is 5.82 Å². The topological polar surface area (TPSA) is 77.7 Å². The quantitative estimate of drug-likeness (QED) is 0.612. The van der Waals surface area contributed by atoms with Crippen molar-refractivity contribution in [3.8, 4) is 0 Å². The summed E-state index contributed by atoms with van der Waals surface area (Å²) in [6, 6.07) is 13.4. The highest BCUT2D eigenvalue weighted by molar-refractivity contribution is 5.78. The largest absolute Gasteiger partial charge is 0.370 e. The summed E-state index contributed by atoms with van der Waals surface area (Å²) < 4.78 is 20.1. The highest BCUT2D eigenvalue weighted by atomic mass is 19.1. The van der Waals surface area contributed by atoms with Gasteiger partial charge in [-0.3, -0.25) is 14.2 Å². The van der Waals surface area contributed by atoms with Gasteiger partial charge in [0.05, 0.1) is 37.0 Å². The number of hydrogen-bond acceptors (Lipinski definition) is 4. The average molecular weight is 411 g/mol. The third kappa shape index (κ3) is 4.55. The maximum Gasteiger partial charge on any atom is 0.261 e. The predicted molar refractivity (Wildman–Crippen MR) is 110 cm³/mol. The Morgan fingerprint density at radius 3 is 2.67 bits per heavy atom. The van der Waals surface area contributed by atoms with Crippen molar-refractivity contribution in [1.29, 1.82) is 0 Å². The molecule has 30 heavy (non-hydrogen) atoms. The zero-order valence-electron chi connectivity index (χ0n) is 16.5. The monoisotopic (exact) mass is 411 g/mol. The van der Waals surface area contributed by atoms with Gasteiger partial charge in [0, 0.05) is 5.56 Å². The zero-order chi connectivity index (χ0) is 20.9. The average Bonchev–Trinajstić information content (AvgIpc) is 2.78. The Labute approximate surface area is 173 Å². The first-order valence-corrected chi connectivity index (χ1v) is 10.0. The van der Waals surface area contributed by atoms with Gasteiger partial charge in [-0.15, -0.1) is 0 Å². The van der Waals surface area contributed by atoms with E-state index in [0.29, 0.717) is 30.7 Å². The molecular formula is C22H24FN4O3+. The molecule has 1 amide bonds. The molecule has 0 unspecified atom stereocenters. The lowest BCUT2D eigenvalue weighted by Crippen LogP contribution is -3.15. The number of nitrogens with zero attached hydrogens (tertiary/aromatic N) is 2. The minimum absolute atomic E-state index is 0.0232. The summed E-state index contributed by atoms with van der Waals surface area (Å²) in [6.07, 6.45) is 1.40. The summed E-state index contributed by atoms with van der Waals surface area (Å²) in [5.74, 6) is -0.560. The first kappa shape index (κ1) is 20.2. The molecule has 0 saturated carbocycles. The number of rotatable bonds is 6. The van der Waals surface area contributed by atoms with Crippen LogP contribution in [0.5, 0.6) is 0 Å². The van der Waals surface area contributed by atoms with Crippen molar-refractivity contribution in [2.45, 2.75) is 12.6 Å². The van der Waals surface area contributed by atoms with Crippen molar-refractivity contribution >= 4 is 16.8 Å². The number of fused-ring (bicyclic) bond motifs is 1. The molecule has 1 aliphatic heterocycles. The molecule has 1 atom stereocenters. The van der Waals surface area contributed by atoms with Gasteiger partial charge in [-0.05, 0) is 24.3 Å². The van der Waals surface area contributed by atoms with Gasteiger partial charge in [0.25, 0.3) is 5.56 Å². The predicted octanol–water partition coefficient (Wildman–Crippen LogP) is 0.308. The van der Waals surface area contributed by atoms with E-state index in [9.17, 15) is 14.0 Å². The number of hydrogen-bond donors (Lipinski definition) is 2. The number of aromatic nitrogens is 2. The molecule has 1 saturated heterocycles. The van der Waals surface area contributed by atoms with Crippen LogP contribution in [0.3, 0.4) is 0 Å². The fourth-order valence-corrected chi connectivity index (χ4v) is 3.82. The van der Waals surface area contributed by atoms with E-state index in [1.165, 1.54) is 27.9 Å². The normalized spacial score (nSPS) is 15.8. The highest BCUT2D eigenvalue weighted by Crippen LogP contribution is 2.11. The van der Waals surface area contributed by atoms with Crippen LogP contribution in [0.2, 0.25) is 0 Å². The van der Waals surface area contributed by atoms with Crippen molar-refractivity contribution in [1.82, 2.24) is 14.9 Å². The molecule has 1 fully saturated rings. The minimum atomic E-state index is -0.290. The van der Waals surface area contributed by atoms with Gasteiger partial charge in [-0.2, -0.15) is 0 Å². The third-order valence-electron chi connectivity index (χ3n) is 5.45. The van der Waals surface area contributed by atoms with E-state index in [0.717, 1.165) is 18.7 Å². The van der Waals surface area contributed by atoms with E-state index < -0.39 is 0 Å². The summed E-state index contributed by atoms with van der Waals surface area (Å²) in [5, 5.41) is 3.42. The fraction of sp³-hybridized carbons (Fsp3) is 0.318. The lowest BCUT2D eigenvalue weighted by Gasteiger charge is -2.32. The van der Waals surface area contributed by atoms with Crippen LogP contribution in [-0.2, 0) is 16.1 Å². The Balaban J connectivity index is 1.46. The van der Waals surface area contributed by atoms with E-state index >= 15 is 0 Å². The summed E-state index contributed by atoms with van der Waals surface area (Å²) in [7, 11) is 0. The minimum Gasteiger partial charge on any atom is -0.370 e. The maximum absolute atomic E-state index is 13.4. The Morgan fingerprint density at radius 2 is 1.90 bits per heavy atom. The van der Waals surface area contributed by atoms with Crippen LogP contribution in [0.1, 0.15) is 11.6 Å². The second-order valence-corrected chi connectivity index (χ2v) is 7.37. The number of para-hydroxylation sites is 1. The molecule has 3 aromatic rings. The van der Waals surface area contributed by atoms with Crippen LogP contribution in [0.25, 0.3) is 10.9 Å². The van der Waals surface area contributed by atoms with Crippen molar-refractivity contribution < 1.29 is 18.8 Å². The Morgan fingerprint density at radius 1 is 1.17 bits per heavy atom. The Bertz CT molecular complexity index is 1080. The van der Waals surface area contributed by atoms with Crippen LogP contribution in [0.15, 0.2) is 59.7 Å². The van der Waals surface area contributed by atoms with Gasteiger partial charge in [0.15, 0.2) is 0 Å². The summed E-state index contributed by atoms with van der Waals surface area (Å²) in [5.41, 5.74) is 1.31. The van der Waals surface area contributed by atoms with Gasteiger partial charge in [-0.25, -0.2) is 9.37 Å². The van der Waals surface area contributed by atoms with Gasteiger partial charge >= 0.3 is 0 Å². The molecule has 8 heteroatoms. The molecule has 2 N–H and O–H groups in total. The number of carbonyl (C=O) groups excluding carboxylic acids is 1. The van der Waals surface area contributed by atoms with Crippen LogP contribution in [0.4, 0.5) is 4.39 Å². The van der Waals surface area contributed by atoms with Gasteiger partial charge in [-0.1, -0.05) is 24.3 Å². The molecule has 0 bridgehead atoms. The molecule has 2 heterocycles. The number of nitrogens with one attached hydrogen (secondary N) is 2. The van der Waals surface area contributed by atoms with Crippen molar-refractivity contribution in [3.63, 3.8) is 0 Å². The van der Waals surface area contributed by atoms with Gasteiger partial charge < -0.3 is 15.0 Å². The molecule has 7 nitrogen and oxygen atoms in total. The number of quaternary nitrogens is 1. The van der Waals surface area contributed by atoms with Crippen molar-refractivity contribution in [3.05, 3.63) is 76.6 Å². The molecule has 1 aliphatic rings. The fourth-order valence-electron chi connectivity index (χ4n) is 3.82. The second kappa shape index (κ2) is 9.15. The number of amides is 1. The van der Waals surface area contributed by atoms with Crippen molar-refractivity contribution in [2.24, 2.45) is 0 Å². The number of morpholine rings is 1. The standard InChI is InChI=1S/C22H23FN4O3/c23-17-7-5-16(6-8-17)20(26-9-11-30-12-10-26)13-24-21(28)14-27-15-25-19-4-2-1-3-18(19)22(27)29/h1-8,15,20H,9-14H2,(H,24,28)/p+1/t20-/m1/s1. The van der Waals surface area contributed by atoms with E-state index in [2.05, 4.69) is 10.3 Å². The lowest BCUT2D eigenvalue weighted by molar-refractivity contribution is -0.937. The van der Waals surface area contributed by atoms with Gasteiger partial charge in [0.2, 0.25) is 5.91 Å². The Kier molecular flexibility index (Phi) is 6.15. The molecule has 0 spiro atoms. The third-order valence-corrected chi connectivity index (χ3v) is 5.45. The molecular weight excluding hydrogens is 387 g/mol. The molecule has 2 aromatic carbocycles. The van der Waals surface area contributed by atoms with E-state index in [4.69, 9.17) is 4.74 Å². The SMILES string of the molecule is O=C(Cn1cnc2ccccc2c1=O)NC[C@H](c1ccc(F)cc1)[NH+]1CCOCC1. The first-order chi connectivity index (χ1) is 14.6. The number of benzene rings is 2. The second-order valence-electron chi connectivity index (χ2n) is 7.37. The lowest BCUT2D eigenvalue weighted by atomic mass is 10.0. The Hall–Kier alpha value is -3.10. The van der Waals surface area contributed by atoms with Crippen LogP contribution < -0.4 is 15.8 Å². The number of carbonyl (C=O) groups is 1. The highest BCUT2D eigenvalue weighted by Gasteiger charge is 2.27. The van der Waals surface area contributed by atoms with Crippen LogP contribution >= 0.6 is 0 Å². The summed E-state index contributed by atoms with van der Waals surface area (Å²) in [4.78, 5) is 30.7. The maximum atomic E-state index is 13.4. The summed E-state index contributed by atoms with van der Waals surface area (Å²) >= 11 is 0. The smallest absolute Gasteiger partial charge is 0.261 e. The van der Waals surface area contributed by atoms with Crippen molar-refractivity contribution in [2.75, 3.05) is 32.8 Å². The zero-order valence-corrected chi connectivity index (χ0v) is 16.5. The van der Waals surface area contributed by atoms with Gasteiger partial charge in [0.1, 0.15) is 31.5 Å². The molecule has 4 rings (SSSR count). The molecule has 0 radical (unpaired) electrons.